The predicted octanol–water partition coefficient (Wildman–Crippen LogP) is 1.06. The van der Waals surface area contributed by atoms with Gasteiger partial charge >= 0.3 is 0 Å². The molecule has 0 aliphatic carbocycles. The maximum atomic E-state index is 12.0. The Bertz CT molecular complexity index is 550. The number of fused-ring (bicyclic) bond motifs is 1. The number of H-pyrrole nitrogens is 1. The largest absolute Gasteiger partial charge is 0.331 e. The molecule has 1 amide bonds. The van der Waals surface area contributed by atoms with Gasteiger partial charge in [-0.25, -0.2) is 4.98 Å². The van der Waals surface area contributed by atoms with Crippen LogP contribution in [-0.4, -0.2) is 21.9 Å². The Morgan fingerprint density at radius 2 is 2.17 bits per heavy atom. The van der Waals surface area contributed by atoms with E-state index >= 15 is 0 Å². The topological polar surface area (TPSA) is 69.8 Å². The number of carbonyl (C=O) groups excluding carboxylic acids is 1. The normalized spacial score (nSPS) is 18.1. The third-order valence-electron chi connectivity index (χ3n) is 3.14. The minimum absolute atomic E-state index is 0.0561. The number of carbonyl (C=O) groups is 1. The number of nitrogens with one attached hydrogen (secondary N) is 3. The summed E-state index contributed by atoms with van der Waals surface area (Å²) in [7, 11) is 0. The van der Waals surface area contributed by atoms with Crippen LogP contribution in [0.15, 0.2) is 36.7 Å². The van der Waals surface area contributed by atoms with Crippen molar-refractivity contribution in [1.82, 2.24) is 15.3 Å². The number of nitrogens with zero attached hydrogens (tertiary/aromatic N) is 1. The number of hydrogen-bond acceptors (Lipinski definition) is 3. The molecule has 2 heterocycles. The van der Waals surface area contributed by atoms with Crippen LogP contribution in [-0.2, 0) is 17.8 Å². The molecule has 0 saturated heterocycles. The molecule has 0 radical (unpaired) electrons. The molecule has 1 aliphatic rings. The van der Waals surface area contributed by atoms with Crippen molar-refractivity contribution >= 4 is 11.9 Å². The number of rotatable bonds is 2. The van der Waals surface area contributed by atoms with Gasteiger partial charge in [0, 0.05) is 18.9 Å². The number of imidazole rings is 1. The van der Waals surface area contributed by atoms with Gasteiger partial charge in [-0.1, -0.05) is 24.3 Å². The van der Waals surface area contributed by atoms with Crippen molar-refractivity contribution in [3.63, 3.8) is 0 Å². The Hall–Kier alpha value is -2.14. The lowest BCUT2D eigenvalue weighted by molar-refractivity contribution is -0.118. The van der Waals surface area contributed by atoms with Gasteiger partial charge in [-0.15, -0.1) is 0 Å². The highest BCUT2D eigenvalue weighted by Crippen LogP contribution is 2.16. The highest BCUT2D eigenvalue weighted by molar-refractivity contribution is 5.93. The van der Waals surface area contributed by atoms with Crippen molar-refractivity contribution in [1.29, 1.82) is 0 Å². The van der Waals surface area contributed by atoms with E-state index in [1.165, 1.54) is 11.1 Å². The second kappa shape index (κ2) is 4.62. The molecule has 0 unspecified atom stereocenters. The zero-order chi connectivity index (χ0) is 12.4. The van der Waals surface area contributed by atoms with E-state index < -0.39 is 0 Å². The van der Waals surface area contributed by atoms with E-state index in [9.17, 15) is 4.79 Å². The SMILES string of the molecule is O=C(Nc1ncc[nH]1)[C@@H]1Cc2ccccc2CN1. The van der Waals surface area contributed by atoms with Gasteiger partial charge in [0.25, 0.3) is 0 Å². The number of anilines is 1. The van der Waals surface area contributed by atoms with Gasteiger partial charge in [0.05, 0.1) is 6.04 Å². The van der Waals surface area contributed by atoms with Crippen molar-refractivity contribution in [3.8, 4) is 0 Å². The molecule has 5 nitrogen and oxygen atoms in total. The average molecular weight is 242 g/mol. The Balaban J connectivity index is 1.70. The number of benzene rings is 1. The van der Waals surface area contributed by atoms with Crippen LogP contribution in [0.25, 0.3) is 0 Å². The fourth-order valence-electron chi connectivity index (χ4n) is 2.18. The van der Waals surface area contributed by atoms with Gasteiger partial charge in [0.15, 0.2) is 0 Å². The molecule has 3 N–H and O–H groups in total. The first kappa shape index (κ1) is 11.0. The molecule has 1 aliphatic heterocycles. The Labute approximate surface area is 105 Å². The molecule has 92 valence electrons. The third-order valence-corrected chi connectivity index (χ3v) is 3.14. The third kappa shape index (κ3) is 2.12. The van der Waals surface area contributed by atoms with Crippen LogP contribution in [0.4, 0.5) is 5.95 Å². The maximum absolute atomic E-state index is 12.0. The van der Waals surface area contributed by atoms with Crippen molar-refractivity contribution < 1.29 is 4.79 Å². The molecular formula is C13H14N4O. The molecular weight excluding hydrogens is 228 g/mol. The van der Waals surface area contributed by atoms with Gasteiger partial charge in [-0.3, -0.25) is 10.1 Å². The summed E-state index contributed by atoms with van der Waals surface area (Å²) in [6.07, 6.45) is 4.00. The summed E-state index contributed by atoms with van der Waals surface area (Å²) in [6.45, 7) is 0.729. The average Bonchev–Trinajstić information content (AvgIpc) is 2.91. The Kier molecular flexibility index (Phi) is 2.82. The fourth-order valence-corrected chi connectivity index (χ4v) is 2.18. The standard InChI is InChI=1S/C13H14N4O/c18-12(17-13-14-5-6-15-13)11-7-9-3-1-2-4-10(9)8-16-11/h1-6,11,16H,7-8H2,(H2,14,15,17,18)/t11-/m0/s1. The molecule has 3 rings (SSSR count). The van der Waals surface area contributed by atoms with E-state index in [2.05, 4.69) is 32.7 Å². The fraction of sp³-hybridized carbons (Fsp3) is 0.231. The summed E-state index contributed by atoms with van der Waals surface area (Å²) >= 11 is 0. The zero-order valence-electron chi connectivity index (χ0n) is 9.81. The lowest BCUT2D eigenvalue weighted by atomic mass is 9.95. The summed E-state index contributed by atoms with van der Waals surface area (Å²) in [5.41, 5.74) is 2.50. The highest BCUT2D eigenvalue weighted by Gasteiger charge is 2.24. The van der Waals surface area contributed by atoms with E-state index in [1.54, 1.807) is 12.4 Å². The quantitative estimate of drug-likeness (QED) is 0.737. The van der Waals surface area contributed by atoms with Crippen LogP contribution in [0, 0.1) is 0 Å². The van der Waals surface area contributed by atoms with E-state index in [0.29, 0.717) is 12.4 Å². The minimum atomic E-state index is -0.204. The van der Waals surface area contributed by atoms with E-state index in [-0.39, 0.29) is 11.9 Å². The van der Waals surface area contributed by atoms with Gasteiger partial charge in [-0.2, -0.15) is 0 Å². The van der Waals surface area contributed by atoms with Crippen LogP contribution >= 0.6 is 0 Å². The van der Waals surface area contributed by atoms with Gasteiger partial charge in [0.1, 0.15) is 0 Å². The second-order valence-electron chi connectivity index (χ2n) is 4.33. The second-order valence-corrected chi connectivity index (χ2v) is 4.33. The molecule has 5 heteroatoms. The molecule has 18 heavy (non-hydrogen) atoms. The molecule has 0 spiro atoms. The first-order valence-corrected chi connectivity index (χ1v) is 5.93. The van der Waals surface area contributed by atoms with Gasteiger partial charge < -0.3 is 10.3 Å². The van der Waals surface area contributed by atoms with Gasteiger partial charge in [0.2, 0.25) is 11.9 Å². The van der Waals surface area contributed by atoms with Crippen LogP contribution in [0.3, 0.4) is 0 Å². The van der Waals surface area contributed by atoms with Crippen LogP contribution in [0.1, 0.15) is 11.1 Å². The van der Waals surface area contributed by atoms with Crippen molar-refractivity contribution in [3.05, 3.63) is 47.8 Å². The zero-order valence-corrected chi connectivity index (χ0v) is 9.81. The highest BCUT2D eigenvalue weighted by atomic mass is 16.2. The number of aromatic nitrogens is 2. The lowest BCUT2D eigenvalue weighted by Gasteiger charge is -2.24. The maximum Gasteiger partial charge on any atom is 0.244 e. The first-order valence-electron chi connectivity index (χ1n) is 5.93. The number of hydrogen-bond donors (Lipinski definition) is 3. The first-order chi connectivity index (χ1) is 8.83. The van der Waals surface area contributed by atoms with Gasteiger partial charge in [-0.05, 0) is 17.5 Å². The summed E-state index contributed by atoms with van der Waals surface area (Å²) in [5.74, 6) is 0.431. The molecule has 1 atom stereocenters. The van der Waals surface area contributed by atoms with Crippen molar-refractivity contribution in [2.24, 2.45) is 0 Å². The molecule has 1 aromatic heterocycles. The summed E-state index contributed by atoms with van der Waals surface area (Å²) in [6, 6.07) is 7.98. The number of aromatic amines is 1. The Morgan fingerprint density at radius 1 is 1.33 bits per heavy atom. The minimum Gasteiger partial charge on any atom is -0.331 e. The molecule has 1 aromatic carbocycles. The van der Waals surface area contributed by atoms with Crippen LogP contribution in [0.5, 0.6) is 0 Å². The molecule has 0 saturated carbocycles. The van der Waals surface area contributed by atoms with E-state index in [4.69, 9.17) is 0 Å². The summed E-state index contributed by atoms with van der Waals surface area (Å²) in [4.78, 5) is 18.9. The Morgan fingerprint density at radius 3 is 2.94 bits per heavy atom. The number of amides is 1. The summed E-state index contributed by atoms with van der Waals surface area (Å²) in [5, 5.41) is 5.99. The van der Waals surface area contributed by atoms with Crippen molar-refractivity contribution in [2.75, 3.05) is 5.32 Å². The monoisotopic (exact) mass is 242 g/mol. The predicted molar refractivity (Wildman–Crippen MR) is 68.0 cm³/mol. The molecule has 2 aromatic rings. The summed E-state index contributed by atoms with van der Waals surface area (Å²) < 4.78 is 0. The molecule has 0 bridgehead atoms. The molecule has 0 fully saturated rings. The van der Waals surface area contributed by atoms with E-state index in [1.807, 2.05) is 12.1 Å². The van der Waals surface area contributed by atoms with Crippen molar-refractivity contribution in [2.45, 2.75) is 19.0 Å². The smallest absolute Gasteiger partial charge is 0.244 e. The van der Waals surface area contributed by atoms with Crippen LogP contribution in [0.2, 0.25) is 0 Å². The lowest BCUT2D eigenvalue weighted by Crippen LogP contribution is -2.44. The van der Waals surface area contributed by atoms with E-state index in [0.717, 1.165) is 6.54 Å². The van der Waals surface area contributed by atoms with Crippen LogP contribution < -0.4 is 10.6 Å².